The van der Waals surface area contributed by atoms with E-state index in [1.807, 2.05) is 30.3 Å². The van der Waals surface area contributed by atoms with Crippen LogP contribution < -0.4 is 4.90 Å². The van der Waals surface area contributed by atoms with Gasteiger partial charge in [0.2, 0.25) is 0 Å². The van der Waals surface area contributed by atoms with Crippen molar-refractivity contribution in [3.8, 4) is 0 Å². The van der Waals surface area contributed by atoms with E-state index >= 15 is 0 Å². The number of carbonyl (C=O) groups excluding carboxylic acids is 1. The van der Waals surface area contributed by atoms with Gasteiger partial charge >= 0.3 is 0 Å². The van der Waals surface area contributed by atoms with Gasteiger partial charge in [0.25, 0.3) is 0 Å². The van der Waals surface area contributed by atoms with Gasteiger partial charge in [0.05, 0.1) is 18.6 Å². The van der Waals surface area contributed by atoms with Crippen molar-refractivity contribution in [2.75, 3.05) is 31.2 Å². The van der Waals surface area contributed by atoms with Crippen molar-refractivity contribution in [2.45, 2.75) is 25.2 Å². The summed E-state index contributed by atoms with van der Waals surface area (Å²) in [5.74, 6) is 0.660. The van der Waals surface area contributed by atoms with Gasteiger partial charge in [-0.05, 0) is 48.6 Å². The number of hydrogen-bond donors (Lipinski definition) is 0. The van der Waals surface area contributed by atoms with Gasteiger partial charge < -0.3 is 9.64 Å². The fraction of sp³-hybridized carbons (Fsp3) is 0.409. The maximum Gasteiger partial charge on any atom is 0.173 e. The molecule has 0 aromatic heterocycles. The van der Waals surface area contributed by atoms with Crippen LogP contribution in [0.4, 0.5) is 5.69 Å². The number of rotatable bonds is 4. The molecular weight excluding hydrogens is 310 g/mol. The minimum Gasteiger partial charge on any atom is -0.378 e. The maximum absolute atomic E-state index is 13.4. The zero-order valence-electron chi connectivity index (χ0n) is 14.8. The zero-order valence-corrected chi connectivity index (χ0v) is 14.8. The van der Waals surface area contributed by atoms with E-state index in [4.69, 9.17) is 4.74 Å². The van der Waals surface area contributed by atoms with Crippen LogP contribution in [0, 0.1) is 5.92 Å². The van der Waals surface area contributed by atoms with Crippen molar-refractivity contribution in [2.24, 2.45) is 5.92 Å². The minimum absolute atomic E-state index is 0.269. The van der Waals surface area contributed by atoms with Gasteiger partial charge in [-0.25, -0.2) is 0 Å². The number of anilines is 1. The monoisotopic (exact) mass is 335 g/mol. The van der Waals surface area contributed by atoms with Gasteiger partial charge in [-0.3, -0.25) is 4.79 Å². The van der Waals surface area contributed by atoms with Crippen LogP contribution in [0.15, 0.2) is 54.6 Å². The Morgan fingerprint density at radius 2 is 1.72 bits per heavy atom. The molecule has 0 amide bonds. The van der Waals surface area contributed by atoms with Gasteiger partial charge in [-0.2, -0.15) is 0 Å². The Morgan fingerprint density at radius 3 is 2.28 bits per heavy atom. The SMILES string of the molecule is C[C@@H]1CCC1(C(=O)c1ccc(N2CCOCC2)cc1)c1ccccc1. The fourth-order valence-electron chi connectivity index (χ4n) is 4.26. The molecule has 0 radical (unpaired) electrons. The molecule has 0 bridgehead atoms. The molecule has 3 nitrogen and oxygen atoms in total. The smallest absolute Gasteiger partial charge is 0.173 e. The number of ether oxygens (including phenoxy) is 1. The highest BCUT2D eigenvalue weighted by Crippen LogP contribution is 2.50. The fourth-order valence-corrected chi connectivity index (χ4v) is 4.26. The largest absolute Gasteiger partial charge is 0.378 e. The standard InChI is InChI=1S/C22H25NO2/c1-17-11-12-22(17,19-5-3-2-4-6-19)21(24)18-7-9-20(10-8-18)23-13-15-25-16-14-23/h2-10,17H,11-16H2,1H3/t17-,22?/m1/s1. The van der Waals surface area contributed by atoms with Crippen molar-refractivity contribution in [3.05, 3.63) is 65.7 Å². The number of morpholine rings is 1. The molecule has 2 aromatic carbocycles. The van der Waals surface area contributed by atoms with Gasteiger partial charge in [-0.1, -0.05) is 37.3 Å². The molecule has 1 saturated heterocycles. The summed E-state index contributed by atoms with van der Waals surface area (Å²) in [7, 11) is 0. The lowest BCUT2D eigenvalue weighted by Crippen LogP contribution is -2.49. The second-order valence-electron chi connectivity index (χ2n) is 7.25. The maximum atomic E-state index is 13.4. The lowest BCUT2D eigenvalue weighted by molar-refractivity contribution is 0.0649. The second-order valence-corrected chi connectivity index (χ2v) is 7.25. The number of Topliss-reactive ketones (excluding diaryl/α,β-unsaturated/α-hetero) is 1. The van der Waals surface area contributed by atoms with E-state index in [1.54, 1.807) is 0 Å². The number of benzene rings is 2. The highest BCUT2D eigenvalue weighted by molar-refractivity contribution is 6.05. The lowest BCUT2D eigenvalue weighted by Gasteiger charge is -2.47. The average molecular weight is 335 g/mol. The number of ketones is 1. The molecule has 1 saturated carbocycles. The summed E-state index contributed by atoms with van der Waals surface area (Å²) in [6.45, 7) is 5.58. The van der Waals surface area contributed by atoms with E-state index in [2.05, 4.69) is 36.1 Å². The van der Waals surface area contributed by atoms with E-state index in [0.29, 0.717) is 5.92 Å². The first kappa shape index (κ1) is 16.3. The summed E-state index contributed by atoms with van der Waals surface area (Å²) in [6, 6.07) is 18.5. The Bertz CT molecular complexity index is 734. The summed E-state index contributed by atoms with van der Waals surface area (Å²) in [6.07, 6.45) is 2.06. The first-order chi connectivity index (χ1) is 12.2. The molecule has 25 heavy (non-hydrogen) atoms. The van der Waals surface area contributed by atoms with E-state index in [1.165, 1.54) is 5.69 Å². The molecule has 1 aliphatic heterocycles. The van der Waals surface area contributed by atoms with Crippen molar-refractivity contribution in [1.29, 1.82) is 0 Å². The Hall–Kier alpha value is -2.13. The molecule has 1 aliphatic carbocycles. The normalized spacial score (nSPS) is 26.1. The molecule has 2 aliphatic rings. The number of carbonyl (C=O) groups is 1. The van der Waals surface area contributed by atoms with Crippen LogP contribution in [0.5, 0.6) is 0 Å². The molecule has 1 heterocycles. The first-order valence-corrected chi connectivity index (χ1v) is 9.25. The molecule has 1 unspecified atom stereocenters. The number of hydrogen-bond acceptors (Lipinski definition) is 3. The first-order valence-electron chi connectivity index (χ1n) is 9.25. The Kier molecular flexibility index (Phi) is 4.34. The van der Waals surface area contributed by atoms with Crippen LogP contribution >= 0.6 is 0 Å². The molecule has 2 atom stereocenters. The molecule has 130 valence electrons. The van der Waals surface area contributed by atoms with Crippen LogP contribution in [0.25, 0.3) is 0 Å². The molecule has 0 N–H and O–H groups in total. The molecular formula is C22H25NO2. The molecule has 3 heteroatoms. The van der Waals surface area contributed by atoms with Crippen LogP contribution in [-0.2, 0) is 10.2 Å². The lowest BCUT2D eigenvalue weighted by atomic mass is 9.54. The zero-order chi connectivity index (χ0) is 17.3. The molecule has 4 rings (SSSR count). The van der Waals surface area contributed by atoms with Gasteiger partial charge in [0.1, 0.15) is 0 Å². The summed E-state index contributed by atoms with van der Waals surface area (Å²) in [5, 5.41) is 0. The third-order valence-corrected chi connectivity index (χ3v) is 6.01. The molecule has 2 aromatic rings. The Morgan fingerprint density at radius 1 is 1.04 bits per heavy atom. The van der Waals surface area contributed by atoms with Gasteiger partial charge in [0, 0.05) is 24.3 Å². The topological polar surface area (TPSA) is 29.5 Å². The highest BCUT2D eigenvalue weighted by Gasteiger charge is 2.51. The third kappa shape index (κ3) is 2.77. The Balaban J connectivity index is 1.61. The van der Waals surface area contributed by atoms with Gasteiger partial charge in [0.15, 0.2) is 5.78 Å². The molecule has 0 spiro atoms. The summed E-state index contributed by atoms with van der Waals surface area (Å²) < 4.78 is 5.41. The van der Waals surface area contributed by atoms with E-state index in [0.717, 1.165) is 50.3 Å². The van der Waals surface area contributed by atoms with Crippen molar-refractivity contribution in [3.63, 3.8) is 0 Å². The van der Waals surface area contributed by atoms with Crippen molar-refractivity contribution in [1.82, 2.24) is 0 Å². The molecule has 2 fully saturated rings. The predicted molar refractivity (Wildman–Crippen MR) is 100 cm³/mol. The van der Waals surface area contributed by atoms with E-state index < -0.39 is 0 Å². The third-order valence-electron chi connectivity index (χ3n) is 6.01. The van der Waals surface area contributed by atoms with Crippen molar-refractivity contribution >= 4 is 11.5 Å². The van der Waals surface area contributed by atoms with Crippen molar-refractivity contribution < 1.29 is 9.53 Å². The summed E-state index contributed by atoms with van der Waals surface area (Å²) >= 11 is 0. The van der Waals surface area contributed by atoms with Gasteiger partial charge in [-0.15, -0.1) is 0 Å². The van der Waals surface area contributed by atoms with Crippen LogP contribution in [0.3, 0.4) is 0 Å². The highest BCUT2D eigenvalue weighted by atomic mass is 16.5. The van der Waals surface area contributed by atoms with Crippen LogP contribution in [0.2, 0.25) is 0 Å². The second kappa shape index (κ2) is 6.64. The predicted octanol–water partition coefficient (Wildman–Crippen LogP) is 4.07. The van der Waals surface area contributed by atoms with E-state index in [-0.39, 0.29) is 11.2 Å². The summed E-state index contributed by atoms with van der Waals surface area (Å²) in [4.78, 5) is 15.7. The average Bonchev–Trinajstić information content (AvgIpc) is 2.69. The quantitative estimate of drug-likeness (QED) is 0.789. The number of nitrogens with zero attached hydrogens (tertiary/aromatic N) is 1. The summed E-state index contributed by atoms with van der Waals surface area (Å²) in [5.41, 5.74) is 2.82. The van der Waals surface area contributed by atoms with E-state index in [9.17, 15) is 4.79 Å². The van der Waals surface area contributed by atoms with Crippen LogP contribution in [-0.4, -0.2) is 32.1 Å². The minimum atomic E-state index is -0.345. The Labute approximate surface area is 149 Å². The van der Waals surface area contributed by atoms with Crippen LogP contribution in [0.1, 0.15) is 35.7 Å².